The number of amides is 3. The predicted octanol–water partition coefficient (Wildman–Crippen LogP) is 1.66. The zero-order chi connectivity index (χ0) is 19.8. The fraction of sp³-hybridized carbons (Fsp3) is 0.211. The number of hydrogen-bond acceptors (Lipinski definition) is 4. The van der Waals surface area contributed by atoms with Crippen molar-refractivity contribution >= 4 is 23.4 Å². The number of nitrogens with zero attached hydrogens (tertiary/aromatic N) is 1. The molecule has 0 aromatic heterocycles. The minimum absolute atomic E-state index is 0.228. The molecule has 0 saturated heterocycles. The van der Waals surface area contributed by atoms with Crippen LogP contribution in [0.1, 0.15) is 10.4 Å². The van der Waals surface area contributed by atoms with E-state index in [-0.39, 0.29) is 13.1 Å². The number of anilines is 1. The Balaban J connectivity index is 1.80. The maximum atomic E-state index is 13.1. The first-order valence-corrected chi connectivity index (χ1v) is 8.10. The average molecular weight is 373 g/mol. The number of carbonyl (C=O) groups is 3. The highest BCUT2D eigenvalue weighted by Gasteiger charge is 2.15. The molecule has 0 aliphatic heterocycles. The zero-order valence-corrected chi connectivity index (χ0v) is 15.0. The van der Waals surface area contributed by atoms with Crippen molar-refractivity contribution in [3.63, 3.8) is 0 Å². The summed E-state index contributed by atoms with van der Waals surface area (Å²) in [6.07, 6.45) is 0. The highest BCUT2D eigenvalue weighted by Crippen LogP contribution is 2.11. The maximum Gasteiger partial charge on any atom is 0.251 e. The summed E-state index contributed by atoms with van der Waals surface area (Å²) < 4.78 is 18.1. The Kier molecular flexibility index (Phi) is 6.87. The van der Waals surface area contributed by atoms with Gasteiger partial charge in [0.15, 0.2) is 0 Å². The number of carbonyl (C=O) groups excluding carboxylic acids is 3. The Morgan fingerprint density at radius 2 is 1.81 bits per heavy atom. The number of likely N-dealkylation sites (N-methyl/N-ethyl adjacent to an activating group) is 1. The Morgan fingerprint density at radius 1 is 1.11 bits per heavy atom. The molecular formula is C19H20FN3O4. The van der Waals surface area contributed by atoms with Crippen molar-refractivity contribution in [2.45, 2.75) is 0 Å². The molecule has 0 bridgehead atoms. The molecule has 0 atom stereocenters. The Morgan fingerprint density at radius 3 is 2.44 bits per heavy atom. The third-order valence-electron chi connectivity index (χ3n) is 3.67. The molecule has 142 valence electrons. The molecule has 0 aliphatic carbocycles. The van der Waals surface area contributed by atoms with Crippen LogP contribution < -0.4 is 15.4 Å². The maximum absolute atomic E-state index is 13.1. The van der Waals surface area contributed by atoms with Crippen LogP contribution in [-0.4, -0.2) is 49.9 Å². The summed E-state index contributed by atoms with van der Waals surface area (Å²) in [5.74, 6) is -1.18. The largest absolute Gasteiger partial charge is 0.497 e. The van der Waals surface area contributed by atoms with Crippen molar-refractivity contribution in [1.29, 1.82) is 0 Å². The number of ether oxygens (including phenoxy) is 1. The smallest absolute Gasteiger partial charge is 0.251 e. The van der Waals surface area contributed by atoms with E-state index in [2.05, 4.69) is 10.6 Å². The average Bonchev–Trinajstić information content (AvgIpc) is 2.65. The van der Waals surface area contributed by atoms with Gasteiger partial charge in [0.2, 0.25) is 11.8 Å². The van der Waals surface area contributed by atoms with Gasteiger partial charge in [-0.2, -0.15) is 0 Å². The van der Waals surface area contributed by atoms with E-state index in [0.717, 1.165) is 0 Å². The lowest BCUT2D eigenvalue weighted by Gasteiger charge is -2.17. The second kappa shape index (κ2) is 9.33. The number of hydrogen-bond donors (Lipinski definition) is 2. The Hall–Kier alpha value is -3.42. The molecule has 7 nitrogen and oxygen atoms in total. The normalized spacial score (nSPS) is 10.0. The van der Waals surface area contributed by atoms with Gasteiger partial charge >= 0.3 is 0 Å². The third kappa shape index (κ3) is 6.10. The fourth-order valence-corrected chi connectivity index (χ4v) is 2.21. The number of rotatable bonds is 7. The van der Waals surface area contributed by atoms with Crippen LogP contribution in [0.2, 0.25) is 0 Å². The first-order chi connectivity index (χ1) is 12.9. The van der Waals surface area contributed by atoms with Crippen molar-refractivity contribution in [2.75, 3.05) is 32.6 Å². The van der Waals surface area contributed by atoms with Crippen molar-refractivity contribution in [3.05, 3.63) is 59.9 Å². The van der Waals surface area contributed by atoms with Gasteiger partial charge in [-0.05, 0) is 42.5 Å². The first kappa shape index (κ1) is 19.9. The highest BCUT2D eigenvalue weighted by molar-refractivity contribution is 5.98. The lowest BCUT2D eigenvalue weighted by Crippen LogP contribution is -2.41. The highest BCUT2D eigenvalue weighted by atomic mass is 19.1. The molecule has 0 saturated carbocycles. The second-order valence-electron chi connectivity index (χ2n) is 5.72. The van der Waals surface area contributed by atoms with E-state index in [9.17, 15) is 18.8 Å². The second-order valence-corrected chi connectivity index (χ2v) is 5.72. The number of halogens is 1. The summed E-state index contributed by atoms with van der Waals surface area (Å²) in [4.78, 5) is 37.2. The van der Waals surface area contributed by atoms with E-state index in [0.29, 0.717) is 17.0 Å². The van der Waals surface area contributed by atoms with Gasteiger partial charge in [0, 0.05) is 18.3 Å². The number of methoxy groups -OCH3 is 1. The molecule has 0 heterocycles. The quantitative estimate of drug-likeness (QED) is 0.773. The lowest BCUT2D eigenvalue weighted by atomic mass is 10.2. The van der Waals surface area contributed by atoms with Gasteiger partial charge in [-0.15, -0.1) is 0 Å². The number of nitrogens with one attached hydrogen (secondary N) is 2. The first-order valence-electron chi connectivity index (χ1n) is 8.10. The third-order valence-corrected chi connectivity index (χ3v) is 3.67. The van der Waals surface area contributed by atoms with E-state index in [1.54, 1.807) is 24.3 Å². The minimum atomic E-state index is -0.474. The van der Waals surface area contributed by atoms with Gasteiger partial charge < -0.3 is 20.3 Å². The van der Waals surface area contributed by atoms with Crippen LogP contribution in [0.3, 0.4) is 0 Å². The SMILES string of the molecule is COc1ccc(C(=O)NCC(=O)N(C)CC(=O)Nc2cccc(F)c2)cc1. The molecule has 2 aromatic carbocycles. The molecular weight excluding hydrogens is 353 g/mol. The molecule has 0 spiro atoms. The van der Waals surface area contributed by atoms with Crippen LogP contribution in [0.15, 0.2) is 48.5 Å². The molecule has 2 N–H and O–H groups in total. The van der Waals surface area contributed by atoms with Crippen molar-refractivity contribution < 1.29 is 23.5 Å². The molecule has 0 aliphatic rings. The van der Waals surface area contributed by atoms with Gasteiger partial charge in [-0.25, -0.2) is 4.39 Å². The Labute approximate surface area is 156 Å². The lowest BCUT2D eigenvalue weighted by molar-refractivity contribution is -0.132. The van der Waals surface area contributed by atoms with E-state index >= 15 is 0 Å². The molecule has 2 aromatic rings. The van der Waals surface area contributed by atoms with Gasteiger partial charge in [-0.3, -0.25) is 14.4 Å². The fourth-order valence-electron chi connectivity index (χ4n) is 2.21. The monoisotopic (exact) mass is 373 g/mol. The summed E-state index contributed by atoms with van der Waals surface area (Å²) in [6.45, 7) is -0.484. The molecule has 0 unspecified atom stereocenters. The van der Waals surface area contributed by atoms with E-state index < -0.39 is 23.5 Å². The van der Waals surface area contributed by atoms with E-state index in [4.69, 9.17) is 4.74 Å². The number of benzene rings is 2. The standard InChI is InChI=1S/C19H20FN3O4/c1-23(12-17(24)22-15-5-3-4-14(20)10-15)18(25)11-21-19(26)13-6-8-16(27-2)9-7-13/h3-10H,11-12H2,1-2H3,(H,21,26)(H,22,24). The van der Waals surface area contributed by atoms with E-state index in [1.807, 2.05) is 0 Å². The van der Waals surface area contributed by atoms with Crippen LogP contribution in [0.4, 0.5) is 10.1 Å². The summed E-state index contributed by atoms with van der Waals surface area (Å²) in [5, 5.41) is 4.99. The van der Waals surface area contributed by atoms with Gasteiger partial charge in [0.25, 0.3) is 5.91 Å². The van der Waals surface area contributed by atoms with Crippen LogP contribution >= 0.6 is 0 Å². The molecule has 27 heavy (non-hydrogen) atoms. The molecule has 3 amide bonds. The van der Waals surface area contributed by atoms with Crippen molar-refractivity contribution in [2.24, 2.45) is 0 Å². The summed E-state index contributed by atoms with van der Waals surface area (Å²) in [6, 6.07) is 11.9. The van der Waals surface area contributed by atoms with E-state index in [1.165, 1.54) is 43.3 Å². The van der Waals surface area contributed by atoms with Gasteiger partial charge in [0.05, 0.1) is 20.2 Å². The topological polar surface area (TPSA) is 87.7 Å². The van der Waals surface area contributed by atoms with Crippen LogP contribution in [0, 0.1) is 5.82 Å². The van der Waals surface area contributed by atoms with Crippen LogP contribution in [-0.2, 0) is 9.59 Å². The van der Waals surface area contributed by atoms with Crippen LogP contribution in [0.5, 0.6) is 5.75 Å². The molecule has 0 fully saturated rings. The zero-order valence-electron chi connectivity index (χ0n) is 15.0. The summed E-state index contributed by atoms with van der Waals surface area (Å²) >= 11 is 0. The van der Waals surface area contributed by atoms with Crippen molar-refractivity contribution in [1.82, 2.24) is 10.2 Å². The molecule has 8 heteroatoms. The van der Waals surface area contributed by atoms with Gasteiger partial charge in [0.1, 0.15) is 11.6 Å². The Bertz CT molecular complexity index is 824. The van der Waals surface area contributed by atoms with Crippen LogP contribution in [0.25, 0.3) is 0 Å². The van der Waals surface area contributed by atoms with Crippen molar-refractivity contribution in [3.8, 4) is 5.75 Å². The molecule has 2 rings (SSSR count). The predicted molar refractivity (Wildman–Crippen MR) is 98.0 cm³/mol. The minimum Gasteiger partial charge on any atom is -0.497 e. The summed E-state index contributed by atoms with van der Waals surface area (Å²) in [5.41, 5.74) is 0.684. The summed E-state index contributed by atoms with van der Waals surface area (Å²) in [7, 11) is 2.96. The molecule has 0 radical (unpaired) electrons. The van der Waals surface area contributed by atoms with Gasteiger partial charge in [-0.1, -0.05) is 6.07 Å².